The van der Waals surface area contributed by atoms with Gasteiger partial charge in [-0.15, -0.1) is 4.98 Å². The summed E-state index contributed by atoms with van der Waals surface area (Å²) in [4.78, 5) is 18.3. The minimum atomic E-state index is -1.12. The van der Waals surface area contributed by atoms with Crippen LogP contribution in [0, 0.1) is 6.57 Å². The zero-order valence-electron chi connectivity index (χ0n) is 12.5. The number of pyridine rings is 1. The Morgan fingerprint density at radius 3 is 2.43 bits per heavy atom. The maximum absolute atomic E-state index is 13.0. The number of nitrogens with zero attached hydrogens (tertiary/aromatic N) is 2. The van der Waals surface area contributed by atoms with Crippen molar-refractivity contribution in [2.75, 3.05) is 6.67 Å². The molecule has 1 aromatic carbocycles. The number of aromatic nitrogens is 1. The number of hydrogen-bond donors (Lipinski definition) is 2. The molecule has 2 N–H and O–H groups in total. The highest BCUT2D eigenvalue weighted by atomic mass is 19.1. The monoisotopic (exact) mass is 313 g/mol. The van der Waals surface area contributed by atoms with Crippen molar-refractivity contribution in [3.8, 4) is 11.1 Å². The van der Waals surface area contributed by atoms with E-state index in [1.165, 1.54) is 6.92 Å². The lowest BCUT2D eigenvalue weighted by Crippen LogP contribution is -2.39. The van der Waals surface area contributed by atoms with Crippen molar-refractivity contribution >= 4 is 11.7 Å². The van der Waals surface area contributed by atoms with E-state index in [2.05, 4.69) is 15.1 Å². The largest absolute Gasteiger partial charge is 0.386 e. The summed E-state index contributed by atoms with van der Waals surface area (Å²) in [7, 11) is 0. The molecule has 0 spiro atoms. The summed E-state index contributed by atoms with van der Waals surface area (Å²) < 4.78 is 13.0. The van der Waals surface area contributed by atoms with E-state index in [-0.39, 0.29) is 0 Å². The second kappa shape index (κ2) is 7.47. The average molecular weight is 313 g/mol. The second-order valence-electron chi connectivity index (χ2n) is 5.05. The highest BCUT2D eigenvalue weighted by Gasteiger charge is 2.21. The Bertz CT molecular complexity index is 708. The Balaban J connectivity index is 2.17. The molecule has 0 saturated carbocycles. The molecule has 6 heteroatoms. The molecule has 5 nitrogen and oxygen atoms in total. The van der Waals surface area contributed by atoms with Crippen LogP contribution < -0.4 is 5.32 Å². The van der Waals surface area contributed by atoms with Crippen LogP contribution in [-0.2, 0) is 4.79 Å². The first-order valence-electron chi connectivity index (χ1n) is 7.00. The highest BCUT2D eigenvalue weighted by Crippen LogP contribution is 2.24. The zero-order chi connectivity index (χ0) is 16.8. The van der Waals surface area contributed by atoms with Crippen molar-refractivity contribution in [1.82, 2.24) is 10.3 Å². The first-order chi connectivity index (χ1) is 11.0. The molecule has 2 aromatic rings. The minimum Gasteiger partial charge on any atom is -0.386 e. The number of halogens is 1. The third-order valence-electron chi connectivity index (χ3n) is 3.38. The van der Waals surface area contributed by atoms with Crippen LogP contribution >= 0.6 is 0 Å². The van der Waals surface area contributed by atoms with Gasteiger partial charge in [-0.2, -0.15) is 0 Å². The lowest BCUT2D eigenvalue weighted by atomic mass is 9.99. The number of alkyl halides is 1. The first kappa shape index (κ1) is 16.6. The fourth-order valence-electron chi connectivity index (χ4n) is 2.19. The van der Waals surface area contributed by atoms with Crippen molar-refractivity contribution in [3.63, 3.8) is 0 Å². The molecule has 0 aliphatic carbocycles. The van der Waals surface area contributed by atoms with E-state index in [9.17, 15) is 14.3 Å². The van der Waals surface area contributed by atoms with Crippen LogP contribution in [0.4, 0.5) is 10.2 Å². The summed E-state index contributed by atoms with van der Waals surface area (Å²) in [6.07, 6.45) is 0.473. The molecule has 23 heavy (non-hydrogen) atoms. The Morgan fingerprint density at radius 1 is 1.30 bits per heavy atom. The van der Waals surface area contributed by atoms with Crippen molar-refractivity contribution in [2.45, 2.75) is 19.1 Å². The molecule has 0 aliphatic rings. The topological polar surface area (TPSA) is 66.6 Å². The van der Waals surface area contributed by atoms with Crippen LogP contribution in [0.1, 0.15) is 18.6 Å². The summed E-state index contributed by atoms with van der Waals surface area (Å²) in [5.74, 6) is -0.0730. The predicted molar refractivity (Wildman–Crippen MR) is 84.5 cm³/mol. The van der Waals surface area contributed by atoms with Gasteiger partial charge in [-0.3, -0.25) is 4.79 Å². The van der Waals surface area contributed by atoms with Crippen molar-refractivity contribution < 1.29 is 14.3 Å². The molecular weight excluding hydrogens is 297 g/mol. The summed E-state index contributed by atoms with van der Waals surface area (Å²) in [5, 5.41) is 12.5. The second-order valence-corrected chi connectivity index (χ2v) is 5.05. The van der Waals surface area contributed by atoms with Crippen LogP contribution in [0.5, 0.6) is 0 Å². The number of carbonyl (C=O) groups is 1. The minimum absolute atomic E-state index is 0.321. The van der Waals surface area contributed by atoms with Crippen LogP contribution in [0.2, 0.25) is 0 Å². The molecule has 2 rings (SSSR count). The third kappa shape index (κ3) is 4.11. The van der Waals surface area contributed by atoms with E-state index in [0.717, 1.165) is 11.1 Å². The van der Waals surface area contributed by atoms with Crippen LogP contribution in [-0.4, -0.2) is 28.7 Å². The lowest BCUT2D eigenvalue weighted by molar-refractivity contribution is -0.120. The SMILES string of the molecule is [C-]#[N+]c1ccc(-c2ccc([C@@H](O)[C@@H](CF)NC(C)=O)cc2)cn1. The summed E-state index contributed by atoms with van der Waals surface area (Å²) in [5.41, 5.74) is 2.21. The number of hydrogen-bond acceptors (Lipinski definition) is 3. The number of amides is 1. The standard InChI is InChI=1S/C17H16FN3O2/c1-11(22)21-15(9-18)17(23)13-5-3-12(4-6-13)14-7-8-16(19-2)20-10-14/h3-8,10,15,17,23H,9H2,1H3,(H,21,22)/t15-,17-/m1/s1. The van der Waals surface area contributed by atoms with Gasteiger partial charge in [-0.05, 0) is 17.2 Å². The molecule has 1 aromatic heterocycles. The molecular formula is C17H16FN3O2. The maximum atomic E-state index is 13.0. The van der Waals surface area contributed by atoms with Crippen molar-refractivity contribution in [1.29, 1.82) is 0 Å². The van der Waals surface area contributed by atoms with Crippen LogP contribution in [0.15, 0.2) is 42.6 Å². The zero-order valence-corrected chi connectivity index (χ0v) is 12.5. The van der Waals surface area contributed by atoms with E-state index >= 15 is 0 Å². The molecule has 118 valence electrons. The first-order valence-corrected chi connectivity index (χ1v) is 7.00. The number of aliphatic hydroxyl groups is 1. The van der Waals surface area contributed by atoms with Gasteiger partial charge in [-0.1, -0.05) is 36.9 Å². The van der Waals surface area contributed by atoms with Gasteiger partial charge < -0.3 is 15.3 Å². The third-order valence-corrected chi connectivity index (χ3v) is 3.38. The molecule has 0 unspecified atom stereocenters. The Hall–Kier alpha value is -2.78. The normalized spacial score (nSPS) is 13.0. The molecule has 0 fully saturated rings. The number of carbonyl (C=O) groups excluding carboxylic acids is 1. The molecule has 0 saturated heterocycles. The fraction of sp³-hybridized carbons (Fsp3) is 0.235. The van der Waals surface area contributed by atoms with Gasteiger partial charge in [0, 0.05) is 12.5 Å². The summed E-state index contributed by atoms with van der Waals surface area (Å²) in [6.45, 7) is 7.29. The maximum Gasteiger partial charge on any atom is 0.269 e. The summed E-state index contributed by atoms with van der Waals surface area (Å²) >= 11 is 0. The smallest absolute Gasteiger partial charge is 0.269 e. The number of rotatable bonds is 5. The van der Waals surface area contributed by atoms with Gasteiger partial charge in [0.2, 0.25) is 5.91 Å². The van der Waals surface area contributed by atoms with Gasteiger partial charge in [0.25, 0.3) is 5.82 Å². The van der Waals surface area contributed by atoms with E-state index in [1.54, 1.807) is 42.6 Å². The Kier molecular flexibility index (Phi) is 5.39. The number of benzene rings is 1. The van der Waals surface area contributed by atoms with Gasteiger partial charge in [0.1, 0.15) is 19.0 Å². The van der Waals surface area contributed by atoms with E-state index in [0.29, 0.717) is 11.4 Å². The van der Waals surface area contributed by atoms with Gasteiger partial charge in [0.05, 0.1) is 6.04 Å². The molecule has 0 bridgehead atoms. The van der Waals surface area contributed by atoms with Crippen molar-refractivity contribution in [3.05, 3.63) is 59.6 Å². The molecule has 0 radical (unpaired) electrons. The molecule has 2 atom stereocenters. The molecule has 1 amide bonds. The highest BCUT2D eigenvalue weighted by molar-refractivity contribution is 5.73. The van der Waals surface area contributed by atoms with Gasteiger partial charge >= 0.3 is 0 Å². The van der Waals surface area contributed by atoms with Crippen molar-refractivity contribution in [2.24, 2.45) is 0 Å². The molecule has 1 heterocycles. The van der Waals surface area contributed by atoms with Gasteiger partial charge in [0.15, 0.2) is 0 Å². The van der Waals surface area contributed by atoms with Crippen LogP contribution in [0.25, 0.3) is 16.0 Å². The summed E-state index contributed by atoms with van der Waals surface area (Å²) in [6, 6.07) is 9.33. The fourth-order valence-corrected chi connectivity index (χ4v) is 2.19. The Morgan fingerprint density at radius 2 is 1.96 bits per heavy atom. The lowest BCUT2D eigenvalue weighted by Gasteiger charge is -2.21. The van der Waals surface area contributed by atoms with Gasteiger partial charge in [-0.25, -0.2) is 4.39 Å². The average Bonchev–Trinajstić information content (AvgIpc) is 2.59. The quantitative estimate of drug-likeness (QED) is 0.834. The number of nitrogens with one attached hydrogen (secondary N) is 1. The van der Waals surface area contributed by atoms with E-state index < -0.39 is 24.7 Å². The van der Waals surface area contributed by atoms with E-state index in [4.69, 9.17) is 6.57 Å². The predicted octanol–water partition coefficient (Wildman–Crippen LogP) is 2.81. The Labute approximate surface area is 133 Å². The van der Waals surface area contributed by atoms with Crippen LogP contribution in [0.3, 0.4) is 0 Å². The molecule has 0 aliphatic heterocycles. The number of aliphatic hydroxyl groups excluding tert-OH is 1. The van der Waals surface area contributed by atoms with E-state index in [1.807, 2.05) is 0 Å².